The maximum atomic E-state index is 6.09. The van der Waals surface area contributed by atoms with Crippen LogP contribution in [0.15, 0.2) is 18.2 Å². The third-order valence-corrected chi connectivity index (χ3v) is 4.91. The Morgan fingerprint density at radius 3 is 2.58 bits per heavy atom. The zero-order valence-corrected chi connectivity index (χ0v) is 13.1. The summed E-state index contributed by atoms with van der Waals surface area (Å²) in [7, 11) is 0. The minimum Gasteiger partial charge on any atom is -0.310 e. The van der Waals surface area contributed by atoms with Gasteiger partial charge in [0, 0.05) is 6.04 Å². The Kier molecular flexibility index (Phi) is 6.00. The molecule has 1 aliphatic carbocycles. The maximum Gasteiger partial charge on any atom is 0.0595 e. The molecule has 1 N–H and O–H groups in total. The Bertz CT molecular complexity index is 400. The van der Waals surface area contributed by atoms with E-state index in [1.807, 2.05) is 12.1 Å². The first-order chi connectivity index (χ1) is 9.20. The number of nitrogens with one attached hydrogen (secondary N) is 1. The lowest BCUT2D eigenvalue weighted by molar-refractivity contribution is 0.438. The number of benzene rings is 1. The van der Waals surface area contributed by atoms with Crippen LogP contribution in [0.1, 0.15) is 57.1 Å². The number of rotatable bonds is 6. The molecule has 1 aliphatic rings. The molecule has 1 unspecified atom stereocenters. The molecule has 0 bridgehead atoms. The first-order valence-corrected chi connectivity index (χ1v) is 8.14. The summed E-state index contributed by atoms with van der Waals surface area (Å²) in [6, 6.07) is 6.34. The standard InChI is InChI=1S/C16H23Cl2N/c1-2-16(13-7-8-14(17)15(18)11-13)19-10-9-12-5-3-4-6-12/h7-8,11-12,16,19H,2-6,9-10H2,1H3. The lowest BCUT2D eigenvalue weighted by Gasteiger charge is -2.19. The Balaban J connectivity index is 1.86. The molecule has 1 aromatic carbocycles. The summed E-state index contributed by atoms with van der Waals surface area (Å²) >= 11 is 12.1. The van der Waals surface area contributed by atoms with E-state index in [-0.39, 0.29) is 0 Å². The molecule has 19 heavy (non-hydrogen) atoms. The van der Waals surface area contributed by atoms with Crippen LogP contribution in [-0.2, 0) is 0 Å². The van der Waals surface area contributed by atoms with Crippen molar-refractivity contribution in [2.24, 2.45) is 5.92 Å². The van der Waals surface area contributed by atoms with Gasteiger partial charge in [0.15, 0.2) is 0 Å². The average molecular weight is 300 g/mol. The summed E-state index contributed by atoms with van der Waals surface area (Å²) in [6.45, 7) is 3.30. The summed E-state index contributed by atoms with van der Waals surface area (Å²) in [4.78, 5) is 0. The SMILES string of the molecule is CCC(NCCC1CCCC1)c1ccc(Cl)c(Cl)c1. The summed E-state index contributed by atoms with van der Waals surface area (Å²) in [6.07, 6.45) is 8.07. The van der Waals surface area contributed by atoms with Crippen molar-refractivity contribution < 1.29 is 0 Å². The second kappa shape index (κ2) is 7.52. The number of hydrogen-bond acceptors (Lipinski definition) is 1. The second-order valence-corrected chi connectivity index (χ2v) is 6.34. The Morgan fingerprint density at radius 1 is 1.21 bits per heavy atom. The fourth-order valence-electron chi connectivity index (χ4n) is 2.99. The van der Waals surface area contributed by atoms with Crippen LogP contribution in [0.4, 0.5) is 0 Å². The Labute approximate surface area is 126 Å². The lowest BCUT2D eigenvalue weighted by Crippen LogP contribution is -2.23. The molecule has 3 heteroatoms. The molecule has 0 saturated heterocycles. The molecule has 1 saturated carbocycles. The molecule has 0 amide bonds. The van der Waals surface area contributed by atoms with Gasteiger partial charge in [-0.05, 0) is 43.0 Å². The Morgan fingerprint density at radius 2 is 1.95 bits per heavy atom. The van der Waals surface area contributed by atoms with E-state index in [4.69, 9.17) is 23.2 Å². The van der Waals surface area contributed by atoms with E-state index in [2.05, 4.69) is 18.3 Å². The third kappa shape index (κ3) is 4.37. The molecule has 2 rings (SSSR count). The van der Waals surface area contributed by atoms with E-state index in [1.54, 1.807) is 0 Å². The molecular formula is C16H23Cl2N. The molecule has 1 atom stereocenters. The van der Waals surface area contributed by atoms with Gasteiger partial charge < -0.3 is 5.32 Å². The fourth-order valence-corrected chi connectivity index (χ4v) is 3.29. The maximum absolute atomic E-state index is 6.09. The molecule has 1 fully saturated rings. The molecule has 1 aromatic rings. The average Bonchev–Trinajstić information content (AvgIpc) is 2.91. The molecule has 0 spiro atoms. The quantitative estimate of drug-likeness (QED) is 0.719. The van der Waals surface area contributed by atoms with E-state index in [1.165, 1.54) is 37.7 Å². The minimum atomic E-state index is 0.385. The van der Waals surface area contributed by atoms with Crippen LogP contribution in [0, 0.1) is 5.92 Å². The predicted molar refractivity (Wildman–Crippen MR) is 84.1 cm³/mol. The summed E-state index contributed by atoms with van der Waals surface area (Å²) in [5.74, 6) is 0.943. The number of hydrogen-bond donors (Lipinski definition) is 1. The topological polar surface area (TPSA) is 12.0 Å². The van der Waals surface area contributed by atoms with Crippen LogP contribution < -0.4 is 5.32 Å². The van der Waals surface area contributed by atoms with Crippen LogP contribution in [-0.4, -0.2) is 6.54 Å². The normalized spacial score (nSPS) is 17.8. The Hall–Kier alpha value is -0.240. The van der Waals surface area contributed by atoms with Crippen molar-refractivity contribution in [1.29, 1.82) is 0 Å². The van der Waals surface area contributed by atoms with E-state index in [0.717, 1.165) is 18.9 Å². The fraction of sp³-hybridized carbons (Fsp3) is 0.625. The van der Waals surface area contributed by atoms with E-state index in [0.29, 0.717) is 16.1 Å². The van der Waals surface area contributed by atoms with Gasteiger partial charge in [-0.2, -0.15) is 0 Å². The van der Waals surface area contributed by atoms with Gasteiger partial charge in [0.2, 0.25) is 0 Å². The highest BCUT2D eigenvalue weighted by molar-refractivity contribution is 6.42. The number of halogens is 2. The van der Waals surface area contributed by atoms with Crippen molar-refractivity contribution in [1.82, 2.24) is 5.32 Å². The molecule has 0 heterocycles. The largest absolute Gasteiger partial charge is 0.310 e. The second-order valence-electron chi connectivity index (χ2n) is 5.53. The van der Waals surface area contributed by atoms with Crippen molar-refractivity contribution in [3.05, 3.63) is 33.8 Å². The van der Waals surface area contributed by atoms with Crippen molar-refractivity contribution in [3.8, 4) is 0 Å². The lowest BCUT2D eigenvalue weighted by atomic mass is 10.0. The van der Waals surface area contributed by atoms with Crippen molar-refractivity contribution >= 4 is 23.2 Å². The third-order valence-electron chi connectivity index (χ3n) is 4.17. The van der Waals surface area contributed by atoms with E-state index < -0.39 is 0 Å². The molecule has 106 valence electrons. The zero-order valence-electron chi connectivity index (χ0n) is 11.6. The van der Waals surface area contributed by atoms with Crippen LogP contribution >= 0.6 is 23.2 Å². The van der Waals surface area contributed by atoms with Gasteiger partial charge in [-0.25, -0.2) is 0 Å². The van der Waals surface area contributed by atoms with Gasteiger partial charge in [-0.15, -0.1) is 0 Å². The van der Waals surface area contributed by atoms with Crippen LogP contribution in [0.2, 0.25) is 10.0 Å². The van der Waals surface area contributed by atoms with Gasteiger partial charge in [0.25, 0.3) is 0 Å². The first-order valence-electron chi connectivity index (χ1n) is 7.39. The van der Waals surface area contributed by atoms with E-state index in [9.17, 15) is 0 Å². The molecule has 1 nitrogen and oxygen atoms in total. The molecular weight excluding hydrogens is 277 g/mol. The van der Waals surface area contributed by atoms with Crippen molar-refractivity contribution in [2.75, 3.05) is 6.54 Å². The highest BCUT2D eigenvalue weighted by atomic mass is 35.5. The van der Waals surface area contributed by atoms with Gasteiger partial charge in [-0.1, -0.05) is 61.9 Å². The monoisotopic (exact) mass is 299 g/mol. The van der Waals surface area contributed by atoms with Gasteiger partial charge in [0.05, 0.1) is 10.0 Å². The van der Waals surface area contributed by atoms with Crippen LogP contribution in [0.25, 0.3) is 0 Å². The van der Waals surface area contributed by atoms with Crippen molar-refractivity contribution in [2.45, 2.75) is 51.5 Å². The predicted octanol–water partition coefficient (Wildman–Crippen LogP) is 5.61. The molecule has 0 aliphatic heterocycles. The zero-order chi connectivity index (χ0) is 13.7. The highest BCUT2D eigenvalue weighted by Crippen LogP contribution is 2.29. The summed E-state index contributed by atoms with van der Waals surface area (Å²) in [5, 5.41) is 4.94. The smallest absolute Gasteiger partial charge is 0.0595 e. The van der Waals surface area contributed by atoms with Gasteiger partial charge in [-0.3, -0.25) is 0 Å². The highest BCUT2D eigenvalue weighted by Gasteiger charge is 2.16. The first kappa shape index (κ1) is 15.2. The van der Waals surface area contributed by atoms with Crippen LogP contribution in [0.3, 0.4) is 0 Å². The molecule has 0 radical (unpaired) electrons. The van der Waals surface area contributed by atoms with E-state index >= 15 is 0 Å². The van der Waals surface area contributed by atoms with Crippen LogP contribution in [0.5, 0.6) is 0 Å². The van der Waals surface area contributed by atoms with Gasteiger partial charge >= 0.3 is 0 Å². The minimum absolute atomic E-state index is 0.385. The summed E-state index contributed by atoms with van der Waals surface area (Å²) in [5.41, 5.74) is 1.24. The summed E-state index contributed by atoms with van der Waals surface area (Å²) < 4.78 is 0. The van der Waals surface area contributed by atoms with Gasteiger partial charge in [0.1, 0.15) is 0 Å². The van der Waals surface area contributed by atoms with Crippen molar-refractivity contribution in [3.63, 3.8) is 0 Å². The molecule has 0 aromatic heterocycles.